The van der Waals surface area contributed by atoms with E-state index in [1.54, 1.807) is 20.8 Å². The van der Waals surface area contributed by atoms with E-state index in [-0.39, 0.29) is 0 Å². The van der Waals surface area contributed by atoms with Crippen LogP contribution in [0.1, 0.15) is 20.8 Å². The maximum Gasteiger partial charge on any atom is 0.187 e. The van der Waals surface area contributed by atoms with Gasteiger partial charge in [-0.15, -0.1) is 0 Å². The molecule has 2 aliphatic rings. The van der Waals surface area contributed by atoms with Gasteiger partial charge in [0.25, 0.3) is 0 Å². The first-order valence-corrected chi connectivity index (χ1v) is 7.60. The standard InChI is InChI=1S/C14H26O9/c1-5-11(10(19)12(20)14(2,3)23-5)22-13-9(18)8(17)7(16)6(4-15)21-13/h5-13,15-20H,4H2,1-3H3/t5-,6?,7?,8?,9?,10?,11?,12?,13?/m1/s1. The van der Waals surface area contributed by atoms with E-state index < -0.39 is 67.3 Å². The Morgan fingerprint density at radius 1 is 0.957 bits per heavy atom. The van der Waals surface area contributed by atoms with Gasteiger partial charge in [0.05, 0.1) is 18.3 Å². The molecule has 2 saturated heterocycles. The topological polar surface area (TPSA) is 149 Å². The summed E-state index contributed by atoms with van der Waals surface area (Å²) in [5, 5.41) is 58.9. The minimum Gasteiger partial charge on any atom is -0.394 e. The molecule has 0 spiro atoms. The van der Waals surface area contributed by atoms with Gasteiger partial charge in [0, 0.05) is 0 Å². The monoisotopic (exact) mass is 338 g/mol. The lowest BCUT2D eigenvalue weighted by Gasteiger charge is -2.48. The maximum absolute atomic E-state index is 10.2. The van der Waals surface area contributed by atoms with Gasteiger partial charge in [0.15, 0.2) is 6.29 Å². The van der Waals surface area contributed by atoms with Crippen molar-refractivity contribution in [1.29, 1.82) is 0 Å². The highest BCUT2D eigenvalue weighted by Crippen LogP contribution is 2.33. The lowest BCUT2D eigenvalue weighted by Crippen LogP contribution is -2.65. The molecule has 9 nitrogen and oxygen atoms in total. The van der Waals surface area contributed by atoms with Crippen LogP contribution in [0.3, 0.4) is 0 Å². The summed E-state index contributed by atoms with van der Waals surface area (Å²) in [6.45, 7) is 4.30. The van der Waals surface area contributed by atoms with Crippen molar-refractivity contribution in [2.45, 2.75) is 81.5 Å². The Morgan fingerprint density at radius 2 is 1.57 bits per heavy atom. The molecule has 2 rings (SSSR count). The van der Waals surface area contributed by atoms with E-state index in [1.807, 2.05) is 0 Å². The predicted octanol–water partition coefficient (Wildman–Crippen LogP) is -2.91. The first-order chi connectivity index (χ1) is 10.6. The number of ether oxygens (including phenoxy) is 3. The summed E-state index contributed by atoms with van der Waals surface area (Å²) < 4.78 is 16.3. The first-order valence-electron chi connectivity index (χ1n) is 7.60. The molecule has 6 N–H and O–H groups in total. The summed E-state index contributed by atoms with van der Waals surface area (Å²) >= 11 is 0. The normalized spacial score (nSPS) is 50.7. The largest absolute Gasteiger partial charge is 0.394 e. The van der Waals surface area contributed by atoms with Crippen LogP contribution < -0.4 is 0 Å². The fourth-order valence-corrected chi connectivity index (χ4v) is 3.01. The Kier molecular flexibility index (Phi) is 5.66. The highest BCUT2D eigenvalue weighted by atomic mass is 16.7. The average molecular weight is 338 g/mol. The van der Waals surface area contributed by atoms with Crippen molar-refractivity contribution >= 4 is 0 Å². The number of rotatable bonds is 3. The maximum atomic E-state index is 10.2. The third kappa shape index (κ3) is 3.53. The highest BCUT2D eigenvalue weighted by Gasteiger charge is 2.51. The molecule has 0 radical (unpaired) electrons. The lowest BCUT2D eigenvalue weighted by atomic mass is 9.87. The molecule has 2 fully saturated rings. The molecule has 0 bridgehead atoms. The molecule has 0 aromatic rings. The van der Waals surface area contributed by atoms with E-state index in [0.717, 1.165) is 0 Å². The van der Waals surface area contributed by atoms with Gasteiger partial charge in [-0.2, -0.15) is 0 Å². The summed E-state index contributed by atoms with van der Waals surface area (Å²) in [6, 6.07) is 0. The van der Waals surface area contributed by atoms with Crippen LogP contribution in [0.25, 0.3) is 0 Å². The molecule has 0 amide bonds. The molecule has 0 saturated carbocycles. The van der Waals surface area contributed by atoms with E-state index in [2.05, 4.69) is 0 Å². The van der Waals surface area contributed by atoms with Crippen LogP contribution in [0.15, 0.2) is 0 Å². The molecule has 9 atom stereocenters. The molecule has 0 aliphatic carbocycles. The molecule has 2 heterocycles. The SMILES string of the molecule is C[C@H]1OC(C)(C)C(O)C(O)C1OC1OC(CO)C(O)C(O)C1O. The van der Waals surface area contributed by atoms with Crippen LogP contribution in [0, 0.1) is 0 Å². The second-order valence-electron chi connectivity index (χ2n) is 6.66. The van der Waals surface area contributed by atoms with Gasteiger partial charge in [-0.05, 0) is 20.8 Å². The van der Waals surface area contributed by atoms with Gasteiger partial charge in [0.1, 0.15) is 42.7 Å². The van der Waals surface area contributed by atoms with Crippen molar-refractivity contribution in [2.24, 2.45) is 0 Å². The van der Waals surface area contributed by atoms with Crippen molar-refractivity contribution in [1.82, 2.24) is 0 Å². The van der Waals surface area contributed by atoms with Gasteiger partial charge in [-0.25, -0.2) is 0 Å². The second-order valence-corrected chi connectivity index (χ2v) is 6.66. The van der Waals surface area contributed by atoms with Gasteiger partial charge in [-0.1, -0.05) is 0 Å². The summed E-state index contributed by atoms with van der Waals surface area (Å²) in [6.07, 6.45) is -11.4. The average Bonchev–Trinajstić information content (AvgIpc) is 2.49. The number of hydrogen-bond donors (Lipinski definition) is 6. The Labute approximate surface area is 134 Å². The zero-order valence-corrected chi connectivity index (χ0v) is 13.3. The molecule has 0 aromatic carbocycles. The fourth-order valence-electron chi connectivity index (χ4n) is 3.01. The van der Waals surface area contributed by atoms with Crippen molar-refractivity contribution in [3.05, 3.63) is 0 Å². The van der Waals surface area contributed by atoms with Crippen LogP contribution in [0.2, 0.25) is 0 Å². The molecule has 9 heteroatoms. The van der Waals surface area contributed by atoms with E-state index >= 15 is 0 Å². The van der Waals surface area contributed by atoms with E-state index in [9.17, 15) is 25.5 Å². The van der Waals surface area contributed by atoms with Gasteiger partial charge in [0.2, 0.25) is 0 Å². The van der Waals surface area contributed by atoms with Crippen LogP contribution in [-0.2, 0) is 14.2 Å². The Balaban J connectivity index is 2.11. The Hall–Kier alpha value is -0.360. The van der Waals surface area contributed by atoms with Gasteiger partial charge >= 0.3 is 0 Å². The van der Waals surface area contributed by atoms with Crippen LogP contribution in [0.5, 0.6) is 0 Å². The van der Waals surface area contributed by atoms with E-state index in [1.165, 1.54) is 0 Å². The van der Waals surface area contributed by atoms with Gasteiger partial charge < -0.3 is 44.8 Å². The van der Waals surface area contributed by atoms with Crippen LogP contribution >= 0.6 is 0 Å². The third-order valence-corrected chi connectivity index (χ3v) is 4.46. The van der Waals surface area contributed by atoms with E-state index in [0.29, 0.717) is 0 Å². The summed E-state index contributed by atoms with van der Waals surface area (Å²) in [5.74, 6) is 0. The number of aliphatic hydroxyl groups excluding tert-OH is 6. The first kappa shape index (κ1) is 19.0. The van der Waals surface area contributed by atoms with Crippen molar-refractivity contribution in [2.75, 3.05) is 6.61 Å². The minimum atomic E-state index is -1.58. The molecule has 8 unspecified atom stereocenters. The summed E-state index contributed by atoms with van der Waals surface area (Å²) in [5.41, 5.74) is -0.978. The zero-order valence-electron chi connectivity index (χ0n) is 13.3. The molecule has 2 aliphatic heterocycles. The minimum absolute atomic E-state index is 0.584. The Morgan fingerprint density at radius 3 is 2.13 bits per heavy atom. The van der Waals surface area contributed by atoms with E-state index in [4.69, 9.17) is 19.3 Å². The zero-order chi connectivity index (χ0) is 17.5. The predicted molar refractivity (Wildman–Crippen MR) is 75.3 cm³/mol. The summed E-state index contributed by atoms with van der Waals surface area (Å²) in [7, 11) is 0. The van der Waals surface area contributed by atoms with Crippen LogP contribution in [-0.4, -0.2) is 98.0 Å². The molecule has 0 aromatic heterocycles. The van der Waals surface area contributed by atoms with Crippen molar-refractivity contribution in [3.63, 3.8) is 0 Å². The lowest BCUT2D eigenvalue weighted by molar-refractivity contribution is -0.346. The van der Waals surface area contributed by atoms with Gasteiger partial charge in [-0.3, -0.25) is 0 Å². The highest BCUT2D eigenvalue weighted by molar-refractivity contribution is 4.98. The van der Waals surface area contributed by atoms with Crippen molar-refractivity contribution in [3.8, 4) is 0 Å². The number of hydrogen-bond acceptors (Lipinski definition) is 9. The van der Waals surface area contributed by atoms with Crippen LogP contribution in [0.4, 0.5) is 0 Å². The smallest absolute Gasteiger partial charge is 0.187 e. The molecule has 23 heavy (non-hydrogen) atoms. The molecular formula is C14H26O9. The molecular weight excluding hydrogens is 312 g/mol. The van der Waals surface area contributed by atoms with Crippen molar-refractivity contribution < 1.29 is 44.8 Å². The third-order valence-electron chi connectivity index (χ3n) is 4.46. The number of aliphatic hydroxyl groups is 6. The Bertz CT molecular complexity index is 402. The molecule has 136 valence electrons. The summed E-state index contributed by atoms with van der Waals surface area (Å²) in [4.78, 5) is 0. The second kappa shape index (κ2) is 6.87. The quantitative estimate of drug-likeness (QED) is 0.318. The fraction of sp³-hybridized carbons (Fsp3) is 1.00.